The van der Waals surface area contributed by atoms with E-state index in [0.29, 0.717) is 24.2 Å². The number of benzene rings is 1. The van der Waals surface area contributed by atoms with Crippen LogP contribution in [0.15, 0.2) is 30.3 Å². The van der Waals surface area contributed by atoms with Gasteiger partial charge in [-0.15, -0.1) is 0 Å². The van der Waals surface area contributed by atoms with Crippen molar-refractivity contribution in [1.82, 2.24) is 15.6 Å². The first-order valence-electron chi connectivity index (χ1n) is 14.6. The maximum atomic E-state index is 16.0. The van der Waals surface area contributed by atoms with Crippen LogP contribution in [0.1, 0.15) is 82.3 Å². The molecule has 1 aromatic carbocycles. The fraction of sp³-hybridized carbons (Fsp3) is 0.581. The number of fused-ring (bicyclic) bond motifs is 3. The molecule has 3 heterocycles. The molecule has 2 aliphatic carbocycles. The van der Waals surface area contributed by atoms with Crippen LogP contribution in [0.2, 0.25) is 10.2 Å². The van der Waals surface area contributed by atoms with Gasteiger partial charge in [0.05, 0.1) is 11.1 Å². The van der Waals surface area contributed by atoms with Gasteiger partial charge in [-0.2, -0.15) is 0 Å². The maximum Gasteiger partial charge on any atom is 0.238 e. The molecule has 41 heavy (non-hydrogen) atoms. The molecule has 3 atom stereocenters. The number of hydrogen-bond acceptors (Lipinski definition) is 5. The first-order valence-corrected chi connectivity index (χ1v) is 15.4. The van der Waals surface area contributed by atoms with Crippen LogP contribution < -0.4 is 16.0 Å². The van der Waals surface area contributed by atoms with Crippen LogP contribution in [0.25, 0.3) is 0 Å². The number of halogens is 3. The Morgan fingerprint density at radius 1 is 1.10 bits per heavy atom. The van der Waals surface area contributed by atoms with Gasteiger partial charge in [0.2, 0.25) is 11.8 Å². The number of amides is 2. The molecule has 2 aromatic rings. The number of rotatable bonds is 4. The van der Waals surface area contributed by atoms with Crippen molar-refractivity contribution in [2.24, 2.45) is 11.3 Å². The number of aromatic nitrogens is 1. The van der Waals surface area contributed by atoms with Crippen molar-refractivity contribution < 1.29 is 19.1 Å². The van der Waals surface area contributed by atoms with Crippen LogP contribution in [0.4, 0.5) is 10.2 Å². The second-order valence-electron chi connectivity index (χ2n) is 13.2. The summed E-state index contributed by atoms with van der Waals surface area (Å²) in [5.74, 6) is -1.48. The fourth-order valence-corrected chi connectivity index (χ4v) is 8.40. The molecule has 2 amide bonds. The highest BCUT2D eigenvalue weighted by Crippen LogP contribution is 2.63. The molecule has 220 valence electrons. The van der Waals surface area contributed by atoms with Crippen LogP contribution in [0, 0.1) is 17.2 Å². The van der Waals surface area contributed by atoms with Crippen molar-refractivity contribution in [3.63, 3.8) is 0 Å². The van der Waals surface area contributed by atoms with Crippen molar-refractivity contribution in [3.05, 3.63) is 57.5 Å². The Kier molecular flexibility index (Phi) is 7.37. The highest BCUT2D eigenvalue weighted by atomic mass is 35.5. The molecule has 4 aliphatic rings. The van der Waals surface area contributed by atoms with Crippen molar-refractivity contribution in [3.8, 4) is 0 Å². The molecule has 1 saturated heterocycles. The quantitative estimate of drug-likeness (QED) is 0.347. The molecular weight excluding hydrogens is 566 g/mol. The molecule has 0 radical (unpaired) electrons. The first-order chi connectivity index (χ1) is 19.5. The number of aliphatic hydroxyl groups excluding tert-OH is 1. The van der Waals surface area contributed by atoms with Gasteiger partial charge < -0.3 is 15.7 Å². The Labute approximate surface area is 250 Å². The number of nitrogens with one attached hydrogen (secondary N) is 3. The Bertz CT molecular complexity index is 1370. The van der Waals surface area contributed by atoms with Crippen LogP contribution in [-0.2, 0) is 15.0 Å². The lowest BCUT2D eigenvalue weighted by Crippen LogP contribution is -2.61. The van der Waals surface area contributed by atoms with Crippen molar-refractivity contribution in [2.75, 3.05) is 11.9 Å². The third-order valence-corrected chi connectivity index (χ3v) is 10.9. The van der Waals surface area contributed by atoms with Gasteiger partial charge in [0.25, 0.3) is 0 Å². The minimum absolute atomic E-state index is 0.0556. The first kappa shape index (κ1) is 28.8. The topological polar surface area (TPSA) is 103 Å². The predicted molar refractivity (Wildman–Crippen MR) is 157 cm³/mol. The summed E-state index contributed by atoms with van der Waals surface area (Å²) in [6.45, 7) is 4.58. The van der Waals surface area contributed by atoms with Gasteiger partial charge in [-0.05, 0) is 80.4 Å². The van der Waals surface area contributed by atoms with Gasteiger partial charge in [0.15, 0.2) is 0 Å². The Morgan fingerprint density at radius 2 is 1.80 bits per heavy atom. The number of hydrogen-bond donors (Lipinski definition) is 4. The van der Waals surface area contributed by atoms with Crippen molar-refractivity contribution >= 4 is 40.8 Å². The smallest absolute Gasteiger partial charge is 0.238 e. The monoisotopic (exact) mass is 602 g/mol. The Morgan fingerprint density at radius 3 is 2.49 bits per heavy atom. The van der Waals surface area contributed by atoms with Crippen LogP contribution >= 0.6 is 23.2 Å². The molecule has 6 rings (SSSR count). The van der Waals surface area contributed by atoms with Crippen molar-refractivity contribution in [1.29, 1.82) is 0 Å². The summed E-state index contributed by atoms with van der Waals surface area (Å²) in [6.07, 6.45) is 6.09. The molecule has 7 nitrogen and oxygen atoms in total. The van der Waals surface area contributed by atoms with E-state index in [2.05, 4.69) is 34.8 Å². The highest BCUT2D eigenvalue weighted by molar-refractivity contribution is 6.31. The number of carbonyl (C=O) groups excluding carboxylic acids is 2. The van der Waals surface area contributed by atoms with E-state index in [1.165, 1.54) is 6.07 Å². The largest absolute Gasteiger partial charge is 0.396 e. The number of nitrogens with zero attached hydrogens (tertiary/aromatic N) is 1. The van der Waals surface area contributed by atoms with Gasteiger partial charge in [-0.3, -0.25) is 14.9 Å². The highest BCUT2D eigenvalue weighted by Gasteiger charge is 2.73. The van der Waals surface area contributed by atoms with E-state index in [9.17, 15) is 14.7 Å². The summed E-state index contributed by atoms with van der Waals surface area (Å²) in [4.78, 5) is 33.2. The summed E-state index contributed by atoms with van der Waals surface area (Å²) < 4.78 is 16.0. The van der Waals surface area contributed by atoms with Crippen LogP contribution in [0.5, 0.6) is 0 Å². The average Bonchev–Trinajstić information content (AvgIpc) is 3.40. The molecule has 0 unspecified atom stereocenters. The van der Waals surface area contributed by atoms with Gasteiger partial charge >= 0.3 is 0 Å². The summed E-state index contributed by atoms with van der Waals surface area (Å²) in [5, 5.41) is 19.6. The van der Waals surface area contributed by atoms with Gasteiger partial charge in [-0.1, -0.05) is 55.2 Å². The summed E-state index contributed by atoms with van der Waals surface area (Å²) >= 11 is 12.6. The zero-order valence-electron chi connectivity index (χ0n) is 23.4. The number of pyridine rings is 1. The molecule has 2 aliphatic heterocycles. The molecule has 2 spiro atoms. The molecule has 2 saturated carbocycles. The molecule has 10 heteroatoms. The molecule has 1 aromatic heterocycles. The Hall–Kier alpha value is -2.26. The maximum absolute atomic E-state index is 16.0. The summed E-state index contributed by atoms with van der Waals surface area (Å²) in [5.41, 5.74) is -1.23. The van der Waals surface area contributed by atoms with E-state index in [0.717, 1.165) is 38.5 Å². The minimum atomic E-state index is -1.32. The average molecular weight is 604 g/mol. The molecule has 0 bridgehead atoms. The SMILES string of the molecule is CC1(C)CCC2(CC1)N[C@@H](C(=O)NC1CCC(CO)CC1)[C@H](c1cccc(Cl)c1F)[C@]21C(=O)Nc2nc(Cl)ccc21. The second kappa shape index (κ2) is 10.5. The lowest BCUT2D eigenvalue weighted by atomic mass is 9.53. The molecular formula is C31H37Cl2FN4O3. The van der Waals surface area contributed by atoms with Gasteiger partial charge in [0.1, 0.15) is 22.2 Å². The zero-order chi connectivity index (χ0) is 29.2. The zero-order valence-corrected chi connectivity index (χ0v) is 24.9. The van der Waals surface area contributed by atoms with Crippen LogP contribution in [0.3, 0.4) is 0 Å². The second-order valence-corrected chi connectivity index (χ2v) is 14.0. The third-order valence-electron chi connectivity index (χ3n) is 10.4. The third kappa shape index (κ3) is 4.57. The lowest BCUT2D eigenvalue weighted by Gasteiger charge is -2.50. The van der Waals surface area contributed by atoms with E-state index in [4.69, 9.17) is 23.2 Å². The van der Waals surface area contributed by atoms with E-state index < -0.39 is 28.7 Å². The van der Waals surface area contributed by atoms with E-state index in [1.807, 2.05) is 0 Å². The lowest BCUT2D eigenvalue weighted by molar-refractivity contribution is -0.125. The van der Waals surface area contributed by atoms with E-state index >= 15 is 4.39 Å². The summed E-state index contributed by atoms with van der Waals surface area (Å²) in [7, 11) is 0. The molecule has 4 N–H and O–H groups in total. The number of carbonyl (C=O) groups is 2. The number of aliphatic hydroxyl groups is 1. The van der Waals surface area contributed by atoms with Gasteiger partial charge in [-0.25, -0.2) is 9.37 Å². The normalized spacial score (nSPS) is 31.7. The minimum Gasteiger partial charge on any atom is -0.396 e. The Balaban J connectivity index is 1.51. The summed E-state index contributed by atoms with van der Waals surface area (Å²) in [6, 6.07) is 7.30. The van der Waals surface area contributed by atoms with E-state index in [1.54, 1.807) is 24.3 Å². The van der Waals surface area contributed by atoms with Crippen LogP contribution in [-0.4, -0.2) is 46.1 Å². The fourth-order valence-electron chi connectivity index (χ4n) is 8.07. The van der Waals surface area contributed by atoms with Gasteiger partial charge in [0, 0.05) is 29.7 Å². The predicted octanol–water partition coefficient (Wildman–Crippen LogP) is 5.48. The standard InChI is InChI=1S/C31H37Cl2FN4O3/c1-29(2)12-14-30(15-13-29)31(20-10-11-22(33)36-26(20)37-28(31)41)23(19-4-3-5-21(32)24(19)34)25(38-30)27(40)35-18-8-6-17(16-39)7-9-18/h3-5,10-11,17-18,23,25,38-39H,6-9,12-16H2,1-2H3,(H,35,40)(H,36,37,41)/t17?,18?,23-,25+,31+/m0/s1. The molecule has 3 fully saturated rings. The van der Waals surface area contributed by atoms with Crippen molar-refractivity contribution in [2.45, 2.75) is 94.2 Å². The number of anilines is 1. The van der Waals surface area contributed by atoms with E-state index in [-0.39, 0.29) is 51.5 Å².